The highest BCUT2D eigenvalue weighted by Crippen LogP contribution is 2.49. The van der Waals surface area contributed by atoms with Gasteiger partial charge in [0.1, 0.15) is 5.00 Å². The average Bonchev–Trinajstić information content (AvgIpc) is 3.19. The van der Waals surface area contributed by atoms with Crippen LogP contribution < -0.4 is 5.32 Å². The van der Waals surface area contributed by atoms with E-state index in [0.29, 0.717) is 0 Å². The molecule has 4 heteroatoms. The molecule has 2 aliphatic rings. The molecule has 1 heterocycles. The second kappa shape index (κ2) is 4.65. The highest BCUT2D eigenvalue weighted by molar-refractivity contribution is 7.10. The molecule has 1 N–H and O–H groups in total. The predicted octanol–water partition coefficient (Wildman–Crippen LogP) is 3.50. The summed E-state index contributed by atoms with van der Waals surface area (Å²) in [6.07, 6.45) is 5.63. The van der Waals surface area contributed by atoms with E-state index in [1.807, 2.05) is 6.92 Å². The first-order valence-electron chi connectivity index (χ1n) is 6.88. The van der Waals surface area contributed by atoms with Gasteiger partial charge in [-0.2, -0.15) is 4.37 Å². The molecular formula is C14H20N2OS. The summed E-state index contributed by atoms with van der Waals surface area (Å²) in [6.45, 7) is 4.57. The Balaban J connectivity index is 1.66. The lowest BCUT2D eigenvalue weighted by molar-refractivity contribution is 0.101. The molecule has 98 valence electrons. The first-order chi connectivity index (χ1) is 8.66. The minimum Gasteiger partial charge on any atom is -0.375 e. The van der Waals surface area contributed by atoms with Crippen molar-refractivity contribution in [3.05, 3.63) is 11.3 Å². The molecule has 0 radical (unpaired) electrons. The van der Waals surface area contributed by atoms with Crippen LogP contribution in [0, 0.1) is 24.7 Å². The molecule has 2 aliphatic carbocycles. The van der Waals surface area contributed by atoms with Crippen molar-refractivity contribution in [3.8, 4) is 0 Å². The van der Waals surface area contributed by atoms with Gasteiger partial charge < -0.3 is 5.32 Å². The third-order valence-corrected chi connectivity index (χ3v) is 5.06. The Morgan fingerprint density at radius 2 is 2.00 bits per heavy atom. The smallest absolute Gasteiger partial charge is 0.164 e. The first kappa shape index (κ1) is 12.2. The van der Waals surface area contributed by atoms with Crippen LogP contribution in [0.4, 0.5) is 5.00 Å². The summed E-state index contributed by atoms with van der Waals surface area (Å²) in [5.74, 6) is 2.84. The molecule has 0 saturated heterocycles. The Bertz CT molecular complexity index is 448. The zero-order valence-electron chi connectivity index (χ0n) is 11.0. The molecule has 0 unspecified atom stereocenters. The number of aryl methyl sites for hydroxylation is 1. The molecule has 3 nitrogen and oxygen atoms in total. The van der Waals surface area contributed by atoms with Crippen LogP contribution in [0.1, 0.15) is 48.7 Å². The lowest BCUT2D eigenvalue weighted by Gasteiger charge is -2.16. The number of ketones is 1. The molecule has 0 bridgehead atoms. The van der Waals surface area contributed by atoms with Crippen molar-refractivity contribution < 1.29 is 4.79 Å². The van der Waals surface area contributed by atoms with Gasteiger partial charge in [0.05, 0.1) is 11.3 Å². The summed E-state index contributed by atoms with van der Waals surface area (Å²) in [6, 6.07) is 0. The van der Waals surface area contributed by atoms with E-state index in [4.69, 9.17) is 0 Å². The van der Waals surface area contributed by atoms with Gasteiger partial charge in [-0.3, -0.25) is 4.79 Å². The van der Waals surface area contributed by atoms with E-state index >= 15 is 0 Å². The van der Waals surface area contributed by atoms with E-state index in [9.17, 15) is 4.79 Å². The van der Waals surface area contributed by atoms with Gasteiger partial charge in [-0.15, -0.1) is 0 Å². The predicted molar refractivity (Wildman–Crippen MR) is 74.3 cm³/mol. The molecule has 18 heavy (non-hydrogen) atoms. The first-order valence-corrected chi connectivity index (χ1v) is 7.65. The minimum atomic E-state index is 0.123. The van der Waals surface area contributed by atoms with Crippen LogP contribution in [0.2, 0.25) is 0 Å². The number of aromatic nitrogens is 1. The average molecular weight is 264 g/mol. The molecule has 0 atom stereocenters. The summed E-state index contributed by atoms with van der Waals surface area (Å²) in [5, 5.41) is 4.47. The summed E-state index contributed by atoms with van der Waals surface area (Å²) in [5.41, 5.74) is 1.66. The van der Waals surface area contributed by atoms with Crippen molar-refractivity contribution in [2.24, 2.45) is 17.8 Å². The van der Waals surface area contributed by atoms with Gasteiger partial charge in [0, 0.05) is 6.54 Å². The Morgan fingerprint density at radius 1 is 1.39 bits per heavy atom. The van der Waals surface area contributed by atoms with E-state index in [2.05, 4.69) is 9.69 Å². The Labute approximate surface area is 112 Å². The number of anilines is 1. The lowest BCUT2D eigenvalue weighted by Crippen LogP contribution is -2.18. The fourth-order valence-electron chi connectivity index (χ4n) is 2.88. The van der Waals surface area contributed by atoms with Gasteiger partial charge in [0.2, 0.25) is 0 Å². The topological polar surface area (TPSA) is 42.0 Å². The maximum atomic E-state index is 11.6. The van der Waals surface area contributed by atoms with Crippen LogP contribution in [0.5, 0.6) is 0 Å². The number of rotatable bonds is 6. The zero-order chi connectivity index (χ0) is 12.7. The van der Waals surface area contributed by atoms with Gasteiger partial charge in [0.25, 0.3) is 0 Å². The van der Waals surface area contributed by atoms with Gasteiger partial charge in [0.15, 0.2) is 5.78 Å². The molecular weight excluding hydrogens is 244 g/mol. The van der Waals surface area contributed by atoms with Crippen LogP contribution in [0.15, 0.2) is 0 Å². The summed E-state index contributed by atoms with van der Waals surface area (Å²) in [7, 11) is 0. The highest BCUT2D eigenvalue weighted by atomic mass is 32.1. The number of Topliss-reactive ketones (excluding diaryl/α,β-unsaturated/α-hetero) is 1. The van der Waals surface area contributed by atoms with Crippen LogP contribution in [0.3, 0.4) is 0 Å². The standard InChI is InChI=1S/C14H20N2OS/c1-8-13(9(2)17)14(18-16-8)15-7-12(10-3-4-10)11-5-6-11/h10-12,15H,3-7H2,1-2H3. The normalized spacial score (nSPS) is 19.3. The monoisotopic (exact) mass is 264 g/mol. The molecule has 1 aromatic heterocycles. The van der Waals surface area contributed by atoms with Crippen LogP contribution in [-0.4, -0.2) is 16.7 Å². The SMILES string of the molecule is CC(=O)c1c(C)nsc1NCC(C1CC1)C1CC1. The van der Waals surface area contributed by atoms with Crippen molar-refractivity contribution in [1.82, 2.24) is 4.37 Å². The summed E-state index contributed by atoms with van der Waals surface area (Å²) < 4.78 is 4.30. The number of nitrogens with zero attached hydrogens (tertiary/aromatic N) is 1. The van der Waals surface area contributed by atoms with Crippen molar-refractivity contribution in [1.29, 1.82) is 0 Å². The number of hydrogen-bond donors (Lipinski definition) is 1. The number of hydrogen-bond acceptors (Lipinski definition) is 4. The van der Waals surface area contributed by atoms with Gasteiger partial charge in [-0.1, -0.05) is 0 Å². The molecule has 0 aliphatic heterocycles. The van der Waals surface area contributed by atoms with Crippen molar-refractivity contribution in [2.75, 3.05) is 11.9 Å². The highest BCUT2D eigenvalue weighted by Gasteiger charge is 2.41. The maximum Gasteiger partial charge on any atom is 0.164 e. The van der Waals surface area contributed by atoms with E-state index < -0.39 is 0 Å². The Hall–Kier alpha value is -0.900. The van der Waals surface area contributed by atoms with Crippen molar-refractivity contribution in [2.45, 2.75) is 39.5 Å². The molecule has 0 spiro atoms. The fraction of sp³-hybridized carbons (Fsp3) is 0.714. The van der Waals surface area contributed by atoms with Crippen LogP contribution in [0.25, 0.3) is 0 Å². The number of carbonyl (C=O) groups is 1. The largest absolute Gasteiger partial charge is 0.375 e. The minimum absolute atomic E-state index is 0.123. The summed E-state index contributed by atoms with van der Waals surface area (Å²) in [4.78, 5) is 11.6. The van der Waals surface area contributed by atoms with E-state index in [1.165, 1.54) is 37.2 Å². The molecule has 1 aromatic rings. The van der Waals surface area contributed by atoms with Gasteiger partial charge in [-0.05, 0) is 68.8 Å². The van der Waals surface area contributed by atoms with Gasteiger partial charge >= 0.3 is 0 Å². The van der Waals surface area contributed by atoms with Crippen molar-refractivity contribution >= 4 is 22.3 Å². The van der Waals surface area contributed by atoms with Crippen LogP contribution >= 0.6 is 11.5 Å². The Morgan fingerprint density at radius 3 is 2.50 bits per heavy atom. The Kier molecular flexibility index (Phi) is 3.14. The fourth-order valence-corrected chi connectivity index (χ4v) is 3.73. The molecule has 2 fully saturated rings. The quantitative estimate of drug-likeness (QED) is 0.800. The third kappa shape index (κ3) is 2.44. The van der Waals surface area contributed by atoms with E-state index in [1.54, 1.807) is 6.92 Å². The zero-order valence-corrected chi connectivity index (χ0v) is 11.8. The second-order valence-corrected chi connectivity index (χ2v) is 6.52. The maximum absolute atomic E-state index is 11.6. The van der Waals surface area contributed by atoms with E-state index in [0.717, 1.165) is 40.6 Å². The van der Waals surface area contributed by atoms with Crippen molar-refractivity contribution in [3.63, 3.8) is 0 Å². The lowest BCUT2D eigenvalue weighted by atomic mass is 9.98. The second-order valence-electron chi connectivity index (χ2n) is 5.75. The molecule has 2 saturated carbocycles. The van der Waals surface area contributed by atoms with Gasteiger partial charge in [-0.25, -0.2) is 0 Å². The molecule has 0 aromatic carbocycles. The summed E-state index contributed by atoms with van der Waals surface area (Å²) >= 11 is 1.43. The number of nitrogens with one attached hydrogen (secondary N) is 1. The van der Waals surface area contributed by atoms with Crippen LogP contribution in [-0.2, 0) is 0 Å². The third-order valence-electron chi connectivity index (χ3n) is 4.17. The molecule has 3 rings (SSSR count). The van der Waals surface area contributed by atoms with E-state index in [-0.39, 0.29) is 5.78 Å². The number of carbonyl (C=O) groups excluding carboxylic acids is 1. The molecule has 0 amide bonds.